The first kappa shape index (κ1) is 23.1. The van der Waals surface area contributed by atoms with Gasteiger partial charge < -0.3 is 16.4 Å². The fourth-order valence-electron chi connectivity index (χ4n) is 2.93. The van der Waals surface area contributed by atoms with Crippen LogP contribution in [0.1, 0.15) is 9.67 Å². The minimum atomic E-state index is -5.01. The van der Waals surface area contributed by atoms with E-state index in [1.165, 1.54) is 0 Å². The molecule has 0 fully saturated rings. The number of halogens is 5. The largest absolute Gasteiger partial charge is 0.455 e. The van der Waals surface area contributed by atoms with Gasteiger partial charge >= 0.3 is 6.18 Å². The summed E-state index contributed by atoms with van der Waals surface area (Å²) in [5, 5.41) is 7.01. The van der Waals surface area contributed by atoms with E-state index in [1.54, 1.807) is 41.1 Å². The van der Waals surface area contributed by atoms with Gasteiger partial charge in [-0.25, -0.2) is 15.0 Å². The number of nitrogen functional groups attached to an aromatic ring is 1. The van der Waals surface area contributed by atoms with Crippen LogP contribution in [0.4, 0.5) is 30.1 Å². The van der Waals surface area contributed by atoms with Crippen LogP contribution in [0, 0.1) is 0 Å². The van der Waals surface area contributed by atoms with Crippen molar-refractivity contribution in [2.75, 3.05) is 29.5 Å². The number of carbonyl (C=O) groups excluding carboxylic acids is 1. The lowest BCUT2D eigenvalue weighted by atomic mass is 10.1. The van der Waals surface area contributed by atoms with Gasteiger partial charge in [0.25, 0.3) is 5.78 Å². The lowest BCUT2D eigenvalue weighted by Gasteiger charge is -2.11. The second kappa shape index (κ2) is 9.04. The number of fused-ring (bicyclic) bond motifs is 1. The maximum atomic E-state index is 12.6. The third-order valence-corrected chi connectivity index (χ3v) is 5.97. The second-order valence-electron chi connectivity index (χ2n) is 6.66. The highest BCUT2D eigenvalue weighted by Crippen LogP contribution is 2.32. The minimum absolute atomic E-state index is 0.101. The molecule has 3 heterocycles. The fraction of sp³-hybridized carbons (Fsp3) is 0.158. The summed E-state index contributed by atoms with van der Waals surface area (Å²) < 4.78 is 39.6. The van der Waals surface area contributed by atoms with Crippen LogP contribution in [0.15, 0.2) is 36.7 Å². The van der Waals surface area contributed by atoms with E-state index in [1.807, 2.05) is 0 Å². The zero-order chi connectivity index (χ0) is 23.8. The SMILES string of the molecule is Nc1nc(NCCNc2nc(-c3ccc(Cl)cc3Cl)cc3nccn23)sc1C(=O)C(F)(F)F. The zero-order valence-corrected chi connectivity index (χ0v) is 18.8. The number of hydrogen-bond donors (Lipinski definition) is 3. The van der Waals surface area contributed by atoms with Crippen molar-refractivity contribution in [3.63, 3.8) is 0 Å². The van der Waals surface area contributed by atoms with Crippen LogP contribution in [0.25, 0.3) is 16.9 Å². The standard InChI is InChI=1S/C19H14Cl2F3N7OS/c20-9-1-2-10(11(21)7-9)12-8-13-26-5-6-31(13)17(29-12)27-3-4-28-18-30-16(25)14(33-18)15(32)19(22,23)24/h1-2,5-8H,3-4,25H2,(H,27,29)(H,28,30). The first-order valence-electron chi connectivity index (χ1n) is 9.28. The van der Waals surface area contributed by atoms with Gasteiger partial charge in [0.05, 0.1) is 10.7 Å². The third kappa shape index (κ3) is 4.97. The molecule has 1 aromatic carbocycles. The number of nitrogens with zero attached hydrogens (tertiary/aromatic N) is 4. The number of anilines is 3. The molecule has 0 aliphatic rings. The molecule has 0 atom stereocenters. The molecule has 33 heavy (non-hydrogen) atoms. The molecule has 0 aliphatic heterocycles. The average molecular weight is 516 g/mol. The van der Waals surface area contributed by atoms with Gasteiger partial charge in [-0.3, -0.25) is 9.20 Å². The normalized spacial score (nSPS) is 11.7. The summed E-state index contributed by atoms with van der Waals surface area (Å²) in [6.45, 7) is 0.580. The Morgan fingerprint density at radius 1 is 1.15 bits per heavy atom. The van der Waals surface area contributed by atoms with E-state index in [2.05, 4.69) is 25.6 Å². The molecule has 0 amide bonds. The zero-order valence-electron chi connectivity index (χ0n) is 16.5. The van der Waals surface area contributed by atoms with Gasteiger partial charge in [-0.2, -0.15) is 13.2 Å². The van der Waals surface area contributed by atoms with Crippen LogP contribution in [0.5, 0.6) is 0 Å². The van der Waals surface area contributed by atoms with Gasteiger partial charge in [0.1, 0.15) is 16.3 Å². The molecule has 8 nitrogen and oxygen atoms in total. The molecule has 172 valence electrons. The van der Waals surface area contributed by atoms with Crippen LogP contribution in [0.3, 0.4) is 0 Å². The molecule has 0 unspecified atom stereocenters. The molecule has 4 rings (SSSR count). The number of Topliss-reactive ketones (excluding diaryl/α,β-unsaturated/α-hetero) is 1. The third-order valence-electron chi connectivity index (χ3n) is 4.40. The summed E-state index contributed by atoms with van der Waals surface area (Å²) in [5.74, 6) is -2.01. The molecule has 0 saturated carbocycles. The summed E-state index contributed by atoms with van der Waals surface area (Å²) in [5.41, 5.74) is 7.34. The number of thiazole rings is 1. The topological polar surface area (TPSA) is 110 Å². The molecular weight excluding hydrogens is 502 g/mol. The molecule has 4 N–H and O–H groups in total. The number of benzene rings is 1. The van der Waals surface area contributed by atoms with Crippen LogP contribution in [0.2, 0.25) is 10.0 Å². The van der Waals surface area contributed by atoms with E-state index in [-0.39, 0.29) is 11.7 Å². The fourth-order valence-corrected chi connectivity index (χ4v) is 4.30. The van der Waals surface area contributed by atoms with Crippen molar-refractivity contribution in [2.24, 2.45) is 0 Å². The Morgan fingerprint density at radius 2 is 1.91 bits per heavy atom. The molecule has 4 aromatic rings. The van der Waals surface area contributed by atoms with Gasteiger partial charge in [-0.1, -0.05) is 34.5 Å². The van der Waals surface area contributed by atoms with Crippen molar-refractivity contribution in [3.8, 4) is 11.3 Å². The van der Waals surface area contributed by atoms with Crippen molar-refractivity contribution in [1.29, 1.82) is 0 Å². The predicted octanol–water partition coefficient (Wildman–Crippen LogP) is 5.01. The Hall–Kier alpha value is -3.09. The van der Waals surface area contributed by atoms with Crippen molar-refractivity contribution in [1.82, 2.24) is 19.4 Å². The summed E-state index contributed by atoms with van der Waals surface area (Å²) in [4.78, 5) is 23.4. The van der Waals surface area contributed by atoms with Crippen LogP contribution in [-0.2, 0) is 0 Å². The molecule has 14 heteroatoms. The number of ketones is 1. The highest BCUT2D eigenvalue weighted by molar-refractivity contribution is 7.18. The van der Waals surface area contributed by atoms with Crippen LogP contribution < -0.4 is 16.4 Å². The number of nitrogens with two attached hydrogens (primary N) is 1. The number of imidazole rings is 1. The Labute approximate surface area is 198 Å². The van der Waals surface area contributed by atoms with E-state index in [0.717, 1.165) is 0 Å². The first-order valence-corrected chi connectivity index (χ1v) is 10.9. The molecule has 0 bridgehead atoms. The second-order valence-corrected chi connectivity index (χ2v) is 8.50. The van der Waals surface area contributed by atoms with Gasteiger partial charge in [0.2, 0.25) is 5.95 Å². The van der Waals surface area contributed by atoms with Crippen molar-refractivity contribution < 1.29 is 18.0 Å². The Kier molecular flexibility index (Phi) is 6.32. The number of nitrogens with one attached hydrogen (secondary N) is 2. The quantitative estimate of drug-likeness (QED) is 0.234. The minimum Gasteiger partial charge on any atom is -0.382 e. The van der Waals surface area contributed by atoms with Crippen molar-refractivity contribution in [2.45, 2.75) is 6.18 Å². The Bertz CT molecular complexity index is 1340. The maximum Gasteiger partial charge on any atom is 0.455 e. The molecule has 0 radical (unpaired) electrons. The van der Waals surface area contributed by atoms with E-state index >= 15 is 0 Å². The molecule has 0 saturated heterocycles. The Morgan fingerprint density at radius 3 is 2.64 bits per heavy atom. The number of hydrogen-bond acceptors (Lipinski definition) is 8. The summed E-state index contributed by atoms with van der Waals surface area (Å²) in [7, 11) is 0. The highest BCUT2D eigenvalue weighted by atomic mass is 35.5. The van der Waals surface area contributed by atoms with Gasteiger partial charge in [-0.05, 0) is 18.2 Å². The monoisotopic (exact) mass is 515 g/mol. The number of carbonyl (C=O) groups is 1. The van der Waals surface area contributed by atoms with Crippen LogP contribution in [-0.4, -0.2) is 44.4 Å². The summed E-state index contributed by atoms with van der Waals surface area (Å²) in [6.07, 6.45) is -1.67. The van der Waals surface area contributed by atoms with E-state index in [4.69, 9.17) is 28.9 Å². The van der Waals surface area contributed by atoms with Crippen molar-refractivity contribution in [3.05, 3.63) is 51.6 Å². The maximum absolute atomic E-state index is 12.6. The van der Waals surface area contributed by atoms with Gasteiger partial charge in [-0.15, -0.1) is 0 Å². The van der Waals surface area contributed by atoms with Gasteiger partial charge in [0, 0.05) is 42.1 Å². The Balaban J connectivity index is 1.47. The number of aromatic nitrogens is 4. The smallest absolute Gasteiger partial charge is 0.382 e. The van der Waals surface area contributed by atoms with Crippen molar-refractivity contribution >= 4 is 62.9 Å². The highest BCUT2D eigenvalue weighted by Gasteiger charge is 2.42. The summed E-state index contributed by atoms with van der Waals surface area (Å²) >= 11 is 12.8. The predicted molar refractivity (Wildman–Crippen MR) is 122 cm³/mol. The lowest BCUT2D eigenvalue weighted by Crippen LogP contribution is -2.22. The van der Waals surface area contributed by atoms with E-state index < -0.39 is 22.7 Å². The number of alkyl halides is 3. The van der Waals surface area contributed by atoms with E-state index in [0.29, 0.717) is 50.8 Å². The van der Waals surface area contributed by atoms with E-state index in [9.17, 15) is 18.0 Å². The van der Waals surface area contributed by atoms with Gasteiger partial charge in [0.15, 0.2) is 5.13 Å². The lowest BCUT2D eigenvalue weighted by molar-refractivity contribution is -0.0882. The molecule has 3 aromatic heterocycles. The number of rotatable bonds is 7. The van der Waals surface area contributed by atoms with Crippen LogP contribution >= 0.6 is 34.5 Å². The summed E-state index contributed by atoms with van der Waals surface area (Å²) in [6, 6.07) is 6.85. The molecule has 0 aliphatic carbocycles. The average Bonchev–Trinajstić information content (AvgIpc) is 3.36. The molecule has 0 spiro atoms. The molecular formula is C19H14Cl2F3N7OS. The first-order chi connectivity index (χ1) is 15.6.